The summed E-state index contributed by atoms with van der Waals surface area (Å²) in [5.74, 6) is 2.48. The van der Waals surface area contributed by atoms with E-state index >= 15 is 0 Å². The fraction of sp³-hybridized carbons (Fsp3) is 0.708. The predicted molar refractivity (Wildman–Crippen MR) is 116 cm³/mol. The largest absolute Gasteiger partial charge is 0.375 e. The topological polar surface area (TPSA) is 44.8 Å². The van der Waals surface area contributed by atoms with Crippen LogP contribution in [0.3, 0.4) is 0 Å². The van der Waals surface area contributed by atoms with Crippen molar-refractivity contribution in [2.75, 3.05) is 53.0 Å². The number of ether oxygens (including phenoxy) is 1. The highest BCUT2D eigenvalue weighted by Crippen LogP contribution is 2.37. The minimum absolute atomic E-state index is 0.00469. The van der Waals surface area contributed by atoms with E-state index in [1.807, 2.05) is 0 Å². The van der Waals surface area contributed by atoms with Crippen molar-refractivity contribution in [1.82, 2.24) is 15.1 Å². The van der Waals surface area contributed by atoms with Crippen molar-refractivity contribution in [2.24, 2.45) is 17.8 Å². The summed E-state index contributed by atoms with van der Waals surface area (Å²) in [4.78, 5) is 17.0. The Hall–Kier alpha value is -1.43. The molecular formula is C24H37N3O2. The fourth-order valence-electron chi connectivity index (χ4n) is 5.73. The molecule has 4 atom stereocenters. The smallest absolute Gasteiger partial charge is 0.246 e. The van der Waals surface area contributed by atoms with Crippen molar-refractivity contribution in [3.63, 3.8) is 0 Å². The summed E-state index contributed by atoms with van der Waals surface area (Å²) >= 11 is 0. The van der Waals surface area contributed by atoms with E-state index in [9.17, 15) is 4.79 Å². The Kier molecular flexibility index (Phi) is 7.22. The molecule has 4 saturated heterocycles. The average Bonchev–Trinajstić information content (AvgIpc) is 2.75. The van der Waals surface area contributed by atoms with Crippen molar-refractivity contribution in [1.29, 1.82) is 0 Å². The number of carbonyl (C=O) groups excluding carboxylic acids is 1. The van der Waals surface area contributed by atoms with Crippen molar-refractivity contribution in [3.05, 3.63) is 35.9 Å². The predicted octanol–water partition coefficient (Wildman–Crippen LogP) is 2.41. The van der Waals surface area contributed by atoms with Crippen LogP contribution in [0.4, 0.5) is 0 Å². The zero-order chi connectivity index (χ0) is 20.1. The molecule has 0 aromatic heterocycles. The minimum atomic E-state index is 0.00469. The summed E-state index contributed by atoms with van der Waals surface area (Å²) in [5.41, 5.74) is 1.49. The highest BCUT2D eigenvalue weighted by atomic mass is 16.5. The Labute approximate surface area is 175 Å². The van der Waals surface area contributed by atoms with Gasteiger partial charge in [-0.3, -0.25) is 9.69 Å². The minimum Gasteiger partial charge on any atom is -0.375 e. The van der Waals surface area contributed by atoms with Crippen LogP contribution < -0.4 is 5.32 Å². The molecule has 5 heteroatoms. The molecular weight excluding hydrogens is 362 g/mol. The van der Waals surface area contributed by atoms with Crippen LogP contribution in [-0.2, 0) is 16.0 Å². The van der Waals surface area contributed by atoms with Crippen molar-refractivity contribution in [2.45, 2.75) is 38.1 Å². The second kappa shape index (κ2) is 10.1. The van der Waals surface area contributed by atoms with E-state index < -0.39 is 0 Å². The maximum absolute atomic E-state index is 11.7. The molecule has 2 bridgehead atoms. The van der Waals surface area contributed by atoms with E-state index in [1.165, 1.54) is 70.4 Å². The van der Waals surface area contributed by atoms with E-state index in [-0.39, 0.29) is 12.5 Å². The lowest BCUT2D eigenvalue weighted by molar-refractivity contribution is -0.125. The molecule has 160 valence electrons. The molecule has 4 heterocycles. The summed E-state index contributed by atoms with van der Waals surface area (Å²) in [7, 11) is 1.57. The first-order valence-corrected chi connectivity index (χ1v) is 11.5. The van der Waals surface area contributed by atoms with Crippen LogP contribution in [0.1, 0.15) is 31.2 Å². The fourth-order valence-corrected chi connectivity index (χ4v) is 5.73. The number of nitrogens with one attached hydrogen (secondary N) is 1. The molecule has 1 N–H and O–H groups in total. The Morgan fingerprint density at radius 1 is 1.14 bits per heavy atom. The second-order valence-corrected chi connectivity index (χ2v) is 9.36. The van der Waals surface area contributed by atoms with Gasteiger partial charge in [-0.1, -0.05) is 30.3 Å². The number of carbonyl (C=O) groups is 1. The molecule has 0 spiro atoms. The Bertz CT molecular complexity index is 645. The van der Waals surface area contributed by atoms with Gasteiger partial charge in [0.05, 0.1) is 0 Å². The zero-order valence-corrected chi connectivity index (χ0v) is 17.9. The van der Waals surface area contributed by atoms with Gasteiger partial charge < -0.3 is 15.0 Å². The zero-order valence-electron chi connectivity index (χ0n) is 17.9. The van der Waals surface area contributed by atoms with Gasteiger partial charge >= 0.3 is 0 Å². The van der Waals surface area contributed by atoms with Crippen molar-refractivity contribution < 1.29 is 9.53 Å². The number of fused-ring (bicyclic) bond motifs is 3. The number of hydrogen-bond acceptors (Lipinski definition) is 4. The van der Waals surface area contributed by atoms with Gasteiger partial charge in [-0.15, -0.1) is 0 Å². The lowest BCUT2D eigenvalue weighted by Gasteiger charge is -2.51. The highest BCUT2D eigenvalue weighted by Gasteiger charge is 2.40. The maximum atomic E-state index is 11.7. The van der Waals surface area contributed by atoms with Crippen LogP contribution in [0.5, 0.6) is 0 Å². The van der Waals surface area contributed by atoms with E-state index in [0.717, 1.165) is 24.3 Å². The molecule has 0 radical (unpaired) electrons. The number of benzene rings is 1. The highest BCUT2D eigenvalue weighted by molar-refractivity contribution is 5.77. The van der Waals surface area contributed by atoms with Gasteiger partial charge in [-0.05, 0) is 75.1 Å². The van der Waals surface area contributed by atoms with Gasteiger partial charge in [0, 0.05) is 32.8 Å². The first-order valence-electron chi connectivity index (χ1n) is 11.5. The van der Waals surface area contributed by atoms with E-state index in [1.54, 1.807) is 7.11 Å². The standard InChI is InChI=1S/C24H37N3O2/c1-29-18-24(28)25-15-23-14-21-9-12-27(23)17-22(21)16-26-10-7-20(8-11-26)13-19-5-3-2-4-6-19/h2-6,20-23H,7-18H2,1H3,(H,25,28)/t21-,22+,23+/m1/s1. The van der Waals surface area contributed by atoms with Gasteiger partial charge in [0.2, 0.25) is 5.91 Å². The number of amides is 1. The molecule has 4 fully saturated rings. The lowest BCUT2D eigenvalue weighted by Crippen LogP contribution is -2.58. The van der Waals surface area contributed by atoms with Gasteiger partial charge in [0.1, 0.15) is 6.61 Å². The van der Waals surface area contributed by atoms with Crippen molar-refractivity contribution in [3.8, 4) is 0 Å². The van der Waals surface area contributed by atoms with Gasteiger partial charge in [-0.2, -0.15) is 0 Å². The molecule has 29 heavy (non-hydrogen) atoms. The number of methoxy groups -OCH3 is 1. The van der Waals surface area contributed by atoms with E-state index in [4.69, 9.17) is 4.74 Å². The van der Waals surface area contributed by atoms with Crippen LogP contribution in [-0.4, -0.2) is 74.7 Å². The third-order valence-corrected chi connectivity index (χ3v) is 7.39. The molecule has 1 aromatic carbocycles. The summed E-state index contributed by atoms with van der Waals surface area (Å²) in [5, 5.41) is 3.04. The third-order valence-electron chi connectivity index (χ3n) is 7.39. The molecule has 0 aliphatic carbocycles. The monoisotopic (exact) mass is 399 g/mol. The van der Waals surface area contributed by atoms with Gasteiger partial charge in [0.25, 0.3) is 0 Å². The molecule has 1 aromatic rings. The molecule has 5 rings (SSSR count). The second-order valence-electron chi connectivity index (χ2n) is 9.36. The molecule has 4 aliphatic rings. The number of piperidine rings is 4. The van der Waals surface area contributed by atoms with E-state index in [0.29, 0.717) is 6.04 Å². The van der Waals surface area contributed by atoms with Crippen LogP contribution in [0.2, 0.25) is 0 Å². The van der Waals surface area contributed by atoms with Crippen LogP contribution >= 0.6 is 0 Å². The Balaban J connectivity index is 1.19. The normalized spacial score (nSPS) is 30.4. The Morgan fingerprint density at radius 3 is 2.62 bits per heavy atom. The van der Waals surface area contributed by atoms with Crippen LogP contribution in [0, 0.1) is 17.8 Å². The first kappa shape index (κ1) is 20.8. The van der Waals surface area contributed by atoms with Crippen molar-refractivity contribution >= 4 is 5.91 Å². The third kappa shape index (κ3) is 5.59. The number of rotatable bonds is 8. The average molecular weight is 400 g/mol. The lowest BCUT2D eigenvalue weighted by atomic mass is 9.75. The van der Waals surface area contributed by atoms with Crippen LogP contribution in [0.15, 0.2) is 30.3 Å². The molecule has 1 unspecified atom stereocenters. The molecule has 0 saturated carbocycles. The van der Waals surface area contributed by atoms with Gasteiger partial charge in [0.15, 0.2) is 0 Å². The van der Waals surface area contributed by atoms with E-state index in [2.05, 4.69) is 45.4 Å². The summed E-state index contributed by atoms with van der Waals surface area (Å²) in [6.45, 7) is 7.14. The molecule has 4 aliphatic heterocycles. The summed E-state index contributed by atoms with van der Waals surface area (Å²) in [6, 6.07) is 11.5. The molecule has 5 nitrogen and oxygen atoms in total. The number of hydrogen-bond donors (Lipinski definition) is 1. The summed E-state index contributed by atoms with van der Waals surface area (Å²) in [6.07, 6.45) is 6.49. The summed E-state index contributed by atoms with van der Waals surface area (Å²) < 4.78 is 4.92. The molecule has 1 amide bonds. The Morgan fingerprint density at radius 2 is 1.93 bits per heavy atom. The SMILES string of the molecule is COCC(=O)NC[C@@H]1C[C@H]2CCN1C[C@@H]2CN1CCC(Cc2ccccc2)CC1. The van der Waals surface area contributed by atoms with Gasteiger partial charge in [-0.25, -0.2) is 0 Å². The maximum Gasteiger partial charge on any atom is 0.246 e. The van der Waals surface area contributed by atoms with Crippen LogP contribution in [0.25, 0.3) is 0 Å². The first-order chi connectivity index (χ1) is 14.2. The number of likely N-dealkylation sites (tertiary alicyclic amines) is 1. The quantitative estimate of drug-likeness (QED) is 0.729. The number of nitrogens with zero attached hydrogens (tertiary/aromatic N) is 2.